The highest BCUT2D eigenvalue weighted by molar-refractivity contribution is 6.11. The van der Waals surface area contributed by atoms with Crippen molar-refractivity contribution in [1.82, 2.24) is 29.9 Å². The Kier molecular flexibility index (Phi) is 3.89. The number of pyridine rings is 1. The van der Waals surface area contributed by atoms with Crippen LogP contribution in [0.5, 0.6) is 0 Å². The van der Waals surface area contributed by atoms with Crippen LogP contribution in [0.1, 0.15) is 60.5 Å². The number of H-pyrrole nitrogens is 1. The van der Waals surface area contributed by atoms with E-state index >= 15 is 0 Å². The lowest BCUT2D eigenvalue weighted by molar-refractivity contribution is -0.144. The average molecular weight is 379 g/mol. The Bertz CT molecular complexity index is 1020. The van der Waals surface area contributed by atoms with E-state index in [2.05, 4.69) is 25.5 Å². The van der Waals surface area contributed by atoms with E-state index in [9.17, 15) is 18.0 Å². The second kappa shape index (κ2) is 6.03. The van der Waals surface area contributed by atoms with Gasteiger partial charge in [0, 0.05) is 17.7 Å². The first-order chi connectivity index (χ1) is 12.7. The van der Waals surface area contributed by atoms with Gasteiger partial charge in [-0.1, -0.05) is 0 Å². The second-order valence-electron chi connectivity index (χ2n) is 6.75. The van der Waals surface area contributed by atoms with Crippen molar-refractivity contribution < 1.29 is 18.0 Å². The number of alkyl halides is 3. The Morgan fingerprint density at radius 1 is 1.33 bits per heavy atom. The van der Waals surface area contributed by atoms with Gasteiger partial charge >= 0.3 is 6.18 Å². The lowest BCUT2D eigenvalue weighted by Gasteiger charge is -2.09. The van der Waals surface area contributed by atoms with Crippen molar-refractivity contribution in [3.63, 3.8) is 0 Å². The summed E-state index contributed by atoms with van der Waals surface area (Å²) in [7, 11) is 0. The second-order valence-corrected chi connectivity index (χ2v) is 6.75. The Balaban J connectivity index is 1.71. The van der Waals surface area contributed by atoms with Gasteiger partial charge in [0.05, 0.1) is 17.1 Å². The summed E-state index contributed by atoms with van der Waals surface area (Å²) in [4.78, 5) is 20.6. The van der Waals surface area contributed by atoms with E-state index < -0.39 is 23.9 Å². The third-order valence-electron chi connectivity index (χ3n) is 4.30. The molecule has 4 rings (SSSR count). The third-order valence-corrected chi connectivity index (χ3v) is 4.30. The number of carbonyl (C=O) groups excluding carboxylic acids is 1. The minimum atomic E-state index is -4.67. The molecular weight excluding hydrogens is 363 g/mol. The van der Waals surface area contributed by atoms with Crippen LogP contribution in [0.15, 0.2) is 12.3 Å². The number of amides is 1. The molecule has 11 heteroatoms. The highest BCUT2D eigenvalue weighted by atomic mass is 19.4. The first-order valence-electron chi connectivity index (χ1n) is 8.43. The molecule has 0 aromatic carbocycles. The summed E-state index contributed by atoms with van der Waals surface area (Å²) in [6.45, 7) is 3.90. The predicted octanol–water partition coefficient (Wildman–Crippen LogP) is 3.28. The largest absolute Gasteiger partial charge is 0.451 e. The van der Waals surface area contributed by atoms with Gasteiger partial charge in [0.15, 0.2) is 5.65 Å². The maximum absolute atomic E-state index is 12.7. The Morgan fingerprint density at radius 3 is 2.67 bits per heavy atom. The average Bonchev–Trinajstić information content (AvgIpc) is 3.16. The summed E-state index contributed by atoms with van der Waals surface area (Å²) in [5, 5.41) is 12.3. The van der Waals surface area contributed by atoms with Gasteiger partial charge in [-0.15, -0.1) is 5.10 Å². The van der Waals surface area contributed by atoms with Crippen molar-refractivity contribution in [2.45, 2.75) is 44.8 Å². The maximum Gasteiger partial charge on any atom is 0.451 e. The molecule has 0 spiro atoms. The molecule has 0 atom stereocenters. The van der Waals surface area contributed by atoms with Gasteiger partial charge in [0.2, 0.25) is 11.8 Å². The predicted molar refractivity (Wildman–Crippen MR) is 89.2 cm³/mol. The summed E-state index contributed by atoms with van der Waals surface area (Å²) in [5.74, 6) is -2.04. The van der Waals surface area contributed by atoms with Crippen LogP contribution in [0.25, 0.3) is 11.0 Å². The summed E-state index contributed by atoms with van der Waals surface area (Å²) >= 11 is 0. The number of carbonyl (C=O) groups is 1. The van der Waals surface area contributed by atoms with E-state index in [1.165, 1.54) is 6.20 Å². The van der Waals surface area contributed by atoms with Gasteiger partial charge in [-0.3, -0.25) is 15.2 Å². The molecule has 1 aliphatic carbocycles. The van der Waals surface area contributed by atoms with E-state index in [4.69, 9.17) is 0 Å². The van der Waals surface area contributed by atoms with E-state index in [1.54, 1.807) is 15.8 Å². The first-order valence-corrected chi connectivity index (χ1v) is 8.43. The van der Waals surface area contributed by atoms with E-state index in [-0.39, 0.29) is 17.5 Å². The SMILES string of the molecule is CC(C)n1ncc2c(C(=O)Nc3n[nH]c(C(F)(F)F)n3)cc(C3CC3)nc21. The third kappa shape index (κ3) is 3.24. The molecule has 1 aliphatic rings. The molecule has 0 bridgehead atoms. The number of hydrogen-bond donors (Lipinski definition) is 2. The molecule has 1 saturated carbocycles. The van der Waals surface area contributed by atoms with E-state index in [1.807, 2.05) is 13.8 Å². The molecule has 0 saturated heterocycles. The lowest BCUT2D eigenvalue weighted by Crippen LogP contribution is -2.15. The number of fused-ring (bicyclic) bond motifs is 1. The molecule has 142 valence electrons. The highest BCUT2D eigenvalue weighted by Gasteiger charge is 2.35. The van der Waals surface area contributed by atoms with Gasteiger partial charge < -0.3 is 0 Å². The van der Waals surface area contributed by atoms with Crippen LogP contribution in [0.3, 0.4) is 0 Å². The van der Waals surface area contributed by atoms with Crippen LogP contribution in [-0.2, 0) is 6.18 Å². The fraction of sp³-hybridized carbons (Fsp3) is 0.438. The molecule has 3 aromatic heterocycles. The fourth-order valence-corrected chi connectivity index (χ4v) is 2.80. The van der Waals surface area contributed by atoms with Crippen LogP contribution >= 0.6 is 0 Å². The summed E-state index contributed by atoms with van der Waals surface area (Å²) in [6, 6.07) is 1.71. The smallest absolute Gasteiger partial charge is 0.289 e. The molecule has 0 aliphatic heterocycles. The van der Waals surface area contributed by atoms with E-state index in [0.717, 1.165) is 18.5 Å². The first kappa shape index (κ1) is 17.4. The minimum absolute atomic E-state index is 0.0442. The van der Waals surface area contributed by atoms with Crippen LogP contribution in [-0.4, -0.2) is 35.9 Å². The molecule has 3 heterocycles. The van der Waals surface area contributed by atoms with Gasteiger partial charge in [0.1, 0.15) is 0 Å². The molecule has 1 amide bonds. The number of rotatable bonds is 4. The Hall–Kier alpha value is -2.98. The molecule has 2 N–H and O–H groups in total. The van der Waals surface area contributed by atoms with Crippen molar-refractivity contribution in [1.29, 1.82) is 0 Å². The lowest BCUT2D eigenvalue weighted by atomic mass is 10.1. The summed E-state index contributed by atoms with van der Waals surface area (Å²) in [6.07, 6.45) is -1.15. The highest BCUT2D eigenvalue weighted by Crippen LogP contribution is 2.40. The zero-order chi connectivity index (χ0) is 19.3. The number of nitrogens with one attached hydrogen (secondary N) is 2. The fourth-order valence-electron chi connectivity index (χ4n) is 2.80. The topological polar surface area (TPSA) is 101 Å². The van der Waals surface area contributed by atoms with Crippen LogP contribution < -0.4 is 5.32 Å². The molecule has 1 fully saturated rings. The van der Waals surface area contributed by atoms with Crippen molar-refractivity contribution in [3.05, 3.63) is 29.3 Å². The number of aromatic amines is 1. The number of anilines is 1. The zero-order valence-electron chi connectivity index (χ0n) is 14.5. The number of aromatic nitrogens is 6. The van der Waals surface area contributed by atoms with Gasteiger partial charge in [0.25, 0.3) is 5.91 Å². The van der Waals surface area contributed by atoms with Crippen molar-refractivity contribution in [2.75, 3.05) is 5.32 Å². The van der Waals surface area contributed by atoms with Crippen molar-refractivity contribution in [2.24, 2.45) is 0 Å². The normalized spacial score (nSPS) is 14.9. The molecule has 3 aromatic rings. The molecule has 8 nitrogen and oxygen atoms in total. The minimum Gasteiger partial charge on any atom is -0.289 e. The number of nitrogens with zero attached hydrogens (tertiary/aromatic N) is 5. The Labute approximate surface area is 151 Å². The summed E-state index contributed by atoms with van der Waals surface area (Å²) in [5.41, 5.74) is 1.64. The molecule has 27 heavy (non-hydrogen) atoms. The molecule has 0 radical (unpaired) electrons. The molecule has 0 unspecified atom stereocenters. The van der Waals surface area contributed by atoms with Crippen LogP contribution in [0, 0.1) is 0 Å². The summed E-state index contributed by atoms with van der Waals surface area (Å²) < 4.78 is 39.6. The van der Waals surface area contributed by atoms with Gasteiger partial charge in [-0.25, -0.2) is 9.67 Å². The van der Waals surface area contributed by atoms with E-state index in [0.29, 0.717) is 11.0 Å². The standard InChI is InChI=1S/C16H16F3N7O/c1-7(2)26-12-10(6-20-26)9(5-11(21-12)8-3-4-8)13(27)22-15-23-14(24-25-15)16(17,18)19/h5-8H,3-4H2,1-2H3,(H2,22,23,24,25,27). The van der Waals surface area contributed by atoms with Crippen molar-refractivity contribution in [3.8, 4) is 0 Å². The number of hydrogen-bond acceptors (Lipinski definition) is 5. The van der Waals surface area contributed by atoms with Crippen LogP contribution in [0.2, 0.25) is 0 Å². The van der Waals surface area contributed by atoms with Crippen LogP contribution in [0.4, 0.5) is 19.1 Å². The number of halogens is 3. The monoisotopic (exact) mass is 379 g/mol. The zero-order valence-corrected chi connectivity index (χ0v) is 14.5. The quantitative estimate of drug-likeness (QED) is 0.724. The maximum atomic E-state index is 12.7. The Morgan fingerprint density at radius 2 is 2.07 bits per heavy atom. The van der Waals surface area contributed by atoms with Gasteiger partial charge in [-0.2, -0.15) is 23.3 Å². The molecular formula is C16H16F3N7O. The van der Waals surface area contributed by atoms with Gasteiger partial charge in [-0.05, 0) is 32.8 Å². The van der Waals surface area contributed by atoms with Crippen molar-refractivity contribution >= 4 is 22.9 Å².